The number of rotatable bonds is 3. The summed E-state index contributed by atoms with van der Waals surface area (Å²) in [6.07, 6.45) is 8.93. The number of hydrogen-bond acceptors (Lipinski definition) is 2. The van der Waals surface area contributed by atoms with Crippen LogP contribution in [-0.4, -0.2) is 34.6 Å². The summed E-state index contributed by atoms with van der Waals surface area (Å²) in [5.74, 6) is -0.202. The molecular weight excluding hydrogens is 214 g/mol. The van der Waals surface area contributed by atoms with Crippen LogP contribution in [-0.2, 0) is 4.79 Å². The molecule has 1 unspecified atom stereocenters. The quantitative estimate of drug-likeness (QED) is 0.820. The van der Waals surface area contributed by atoms with E-state index in [1.54, 1.807) is 0 Å². The van der Waals surface area contributed by atoms with Crippen LogP contribution in [0.1, 0.15) is 51.9 Å². The van der Waals surface area contributed by atoms with Gasteiger partial charge in [0.1, 0.15) is 5.54 Å². The summed E-state index contributed by atoms with van der Waals surface area (Å²) in [4.78, 5) is 13.8. The van der Waals surface area contributed by atoms with Crippen molar-refractivity contribution in [2.75, 3.05) is 13.1 Å². The number of nitrogens with zero attached hydrogens (tertiary/aromatic N) is 1. The van der Waals surface area contributed by atoms with Gasteiger partial charge in [0.15, 0.2) is 0 Å². The number of carboxylic acid groups (broad SMARTS) is 1. The predicted molar refractivity (Wildman–Crippen MR) is 65.9 cm³/mol. The van der Waals surface area contributed by atoms with Crippen molar-refractivity contribution in [2.45, 2.75) is 57.4 Å². The first kappa shape index (κ1) is 11.5. The smallest absolute Gasteiger partial charge is 0.324 e. The second-order valence-corrected chi connectivity index (χ2v) is 6.64. The van der Waals surface area contributed by atoms with Gasteiger partial charge < -0.3 is 5.11 Å². The molecule has 0 aromatic heterocycles. The lowest BCUT2D eigenvalue weighted by Gasteiger charge is -2.58. The first-order valence-electron chi connectivity index (χ1n) is 7.05. The first-order chi connectivity index (χ1) is 8.07. The number of aliphatic carboxylic acids is 1. The van der Waals surface area contributed by atoms with E-state index in [4.69, 9.17) is 0 Å². The molecule has 96 valence electrons. The standard InChI is InChI=1S/C14H23NO2/c1-13(12(16)17,11-5-6-11)15-9-14(10-15)7-3-2-4-8-14/h11H,2-10H2,1H3,(H,16,17). The number of carboxylic acids is 1. The first-order valence-corrected chi connectivity index (χ1v) is 7.05. The van der Waals surface area contributed by atoms with Crippen molar-refractivity contribution in [1.82, 2.24) is 4.90 Å². The van der Waals surface area contributed by atoms with Gasteiger partial charge in [0, 0.05) is 13.1 Å². The largest absolute Gasteiger partial charge is 0.480 e. The summed E-state index contributed by atoms with van der Waals surface area (Å²) in [5.41, 5.74) is -0.0768. The van der Waals surface area contributed by atoms with E-state index in [1.807, 2.05) is 6.92 Å². The van der Waals surface area contributed by atoms with Crippen molar-refractivity contribution >= 4 is 5.97 Å². The maximum absolute atomic E-state index is 11.6. The molecule has 0 radical (unpaired) electrons. The highest BCUT2D eigenvalue weighted by Crippen LogP contribution is 2.51. The highest BCUT2D eigenvalue weighted by atomic mass is 16.4. The van der Waals surface area contributed by atoms with E-state index in [0.29, 0.717) is 11.3 Å². The zero-order valence-electron chi connectivity index (χ0n) is 10.7. The average Bonchev–Trinajstić information content (AvgIpc) is 3.09. The van der Waals surface area contributed by atoms with E-state index in [-0.39, 0.29) is 0 Å². The van der Waals surface area contributed by atoms with Gasteiger partial charge in [-0.15, -0.1) is 0 Å². The van der Waals surface area contributed by atoms with Gasteiger partial charge >= 0.3 is 5.97 Å². The highest BCUT2D eigenvalue weighted by molar-refractivity contribution is 5.79. The van der Waals surface area contributed by atoms with Gasteiger partial charge in [-0.1, -0.05) is 19.3 Å². The molecule has 1 atom stereocenters. The predicted octanol–water partition coefficient (Wildman–Crippen LogP) is 2.51. The maximum atomic E-state index is 11.6. The molecule has 0 aromatic carbocycles. The molecule has 3 nitrogen and oxygen atoms in total. The molecule has 1 aliphatic heterocycles. The number of carbonyl (C=O) groups is 1. The Hall–Kier alpha value is -0.570. The summed E-state index contributed by atoms with van der Waals surface area (Å²) in [6, 6.07) is 0. The highest BCUT2D eigenvalue weighted by Gasteiger charge is 2.58. The van der Waals surface area contributed by atoms with Gasteiger partial charge in [-0.3, -0.25) is 9.69 Å². The van der Waals surface area contributed by atoms with Crippen molar-refractivity contribution in [2.24, 2.45) is 11.3 Å². The lowest BCUT2D eigenvalue weighted by Crippen LogP contribution is -2.68. The molecule has 3 aliphatic rings. The van der Waals surface area contributed by atoms with Crippen molar-refractivity contribution in [1.29, 1.82) is 0 Å². The molecule has 3 rings (SSSR count). The fourth-order valence-electron chi connectivity index (χ4n) is 3.92. The van der Waals surface area contributed by atoms with Crippen molar-refractivity contribution in [3.05, 3.63) is 0 Å². The minimum atomic E-state index is -0.606. The molecule has 0 aromatic rings. The third-order valence-electron chi connectivity index (χ3n) is 5.43. The van der Waals surface area contributed by atoms with E-state index < -0.39 is 11.5 Å². The van der Waals surface area contributed by atoms with Gasteiger partial charge in [-0.25, -0.2) is 0 Å². The Kier molecular flexibility index (Phi) is 2.51. The molecule has 1 spiro atoms. The summed E-state index contributed by atoms with van der Waals surface area (Å²) in [6.45, 7) is 4.02. The lowest BCUT2D eigenvalue weighted by atomic mass is 9.66. The van der Waals surface area contributed by atoms with Gasteiger partial charge in [0.2, 0.25) is 0 Å². The van der Waals surface area contributed by atoms with Crippen LogP contribution in [0, 0.1) is 11.3 Å². The second-order valence-electron chi connectivity index (χ2n) is 6.64. The molecule has 2 aliphatic carbocycles. The molecule has 0 amide bonds. The van der Waals surface area contributed by atoms with Gasteiger partial charge in [-0.2, -0.15) is 0 Å². The molecule has 1 N–H and O–H groups in total. The number of hydrogen-bond donors (Lipinski definition) is 1. The molecule has 3 heteroatoms. The Labute approximate surface area is 103 Å². The molecular formula is C14H23NO2. The van der Waals surface area contributed by atoms with Gasteiger partial charge in [-0.05, 0) is 43.9 Å². The molecule has 0 bridgehead atoms. The van der Waals surface area contributed by atoms with Gasteiger partial charge in [0.25, 0.3) is 0 Å². The Morgan fingerprint density at radius 1 is 1.24 bits per heavy atom. The fraction of sp³-hybridized carbons (Fsp3) is 0.929. The second kappa shape index (κ2) is 3.71. The van der Waals surface area contributed by atoms with Crippen LogP contribution in [0.5, 0.6) is 0 Å². The van der Waals surface area contributed by atoms with E-state index in [0.717, 1.165) is 25.9 Å². The van der Waals surface area contributed by atoms with Crippen LogP contribution in [0.15, 0.2) is 0 Å². The fourth-order valence-corrected chi connectivity index (χ4v) is 3.92. The summed E-state index contributed by atoms with van der Waals surface area (Å²) in [7, 11) is 0. The van der Waals surface area contributed by atoms with Gasteiger partial charge in [0.05, 0.1) is 0 Å². The maximum Gasteiger partial charge on any atom is 0.324 e. The van der Waals surface area contributed by atoms with E-state index in [1.165, 1.54) is 32.1 Å². The summed E-state index contributed by atoms with van der Waals surface area (Å²) in [5, 5.41) is 9.52. The van der Waals surface area contributed by atoms with Crippen LogP contribution >= 0.6 is 0 Å². The molecule has 1 saturated heterocycles. The van der Waals surface area contributed by atoms with Crippen molar-refractivity contribution < 1.29 is 9.90 Å². The van der Waals surface area contributed by atoms with Crippen LogP contribution in [0.3, 0.4) is 0 Å². The van der Waals surface area contributed by atoms with Crippen LogP contribution in [0.4, 0.5) is 0 Å². The Balaban J connectivity index is 1.68. The lowest BCUT2D eigenvalue weighted by molar-refractivity contribution is -0.166. The third kappa shape index (κ3) is 1.70. The van der Waals surface area contributed by atoms with Crippen molar-refractivity contribution in [3.8, 4) is 0 Å². The van der Waals surface area contributed by atoms with Crippen molar-refractivity contribution in [3.63, 3.8) is 0 Å². The minimum Gasteiger partial charge on any atom is -0.480 e. The Bertz CT molecular complexity index is 323. The van der Waals surface area contributed by atoms with Crippen LogP contribution in [0.2, 0.25) is 0 Å². The normalized spacial score (nSPS) is 31.8. The minimum absolute atomic E-state index is 0.404. The molecule has 2 saturated carbocycles. The van der Waals surface area contributed by atoms with Crippen LogP contribution in [0.25, 0.3) is 0 Å². The van der Waals surface area contributed by atoms with E-state index in [2.05, 4.69) is 4.90 Å². The average molecular weight is 237 g/mol. The number of likely N-dealkylation sites (tertiary alicyclic amines) is 1. The molecule has 17 heavy (non-hydrogen) atoms. The third-order valence-corrected chi connectivity index (χ3v) is 5.43. The van der Waals surface area contributed by atoms with E-state index >= 15 is 0 Å². The SMILES string of the molecule is CC(C(=O)O)(C1CC1)N1CC2(CCCCC2)C1. The summed E-state index contributed by atoms with van der Waals surface area (Å²) >= 11 is 0. The zero-order chi connectivity index (χ0) is 12.1. The summed E-state index contributed by atoms with van der Waals surface area (Å²) < 4.78 is 0. The molecule has 3 fully saturated rings. The molecule has 1 heterocycles. The zero-order valence-corrected chi connectivity index (χ0v) is 10.7. The van der Waals surface area contributed by atoms with Crippen LogP contribution < -0.4 is 0 Å². The Morgan fingerprint density at radius 3 is 2.29 bits per heavy atom. The van der Waals surface area contributed by atoms with E-state index in [9.17, 15) is 9.90 Å². The Morgan fingerprint density at radius 2 is 1.82 bits per heavy atom. The monoisotopic (exact) mass is 237 g/mol. The topological polar surface area (TPSA) is 40.5 Å².